The zero-order chi connectivity index (χ0) is 22.7. The molecule has 9 heteroatoms. The van der Waals surface area contributed by atoms with Crippen LogP contribution in [0, 0.1) is 6.92 Å². The molecule has 0 saturated carbocycles. The van der Waals surface area contributed by atoms with Gasteiger partial charge >= 0.3 is 0 Å². The van der Waals surface area contributed by atoms with Crippen molar-refractivity contribution in [2.45, 2.75) is 38.5 Å². The van der Waals surface area contributed by atoms with E-state index in [1.165, 1.54) is 11.8 Å². The molecule has 166 valence electrons. The van der Waals surface area contributed by atoms with Crippen LogP contribution in [0.15, 0.2) is 53.7 Å². The molecule has 0 aliphatic carbocycles. The summed E-state index contributed by atoms with van der Waals surface area (Å²) in [6, 6.07) is 14.8. The number of carbonyl (C=O) groups excluding carboxylic acids is 2. The van der Waals surface area contributed by atoms with E-state index >= 15 is 0 Å². The molecular weight excluding hydrogens is 426 g/mol. The van der Waals surface area contributed by atoms with Crippen LogP contribution in [-0.4, -0.2) is 38.9 Å². The molecule has 1 atom stereocenters. The van der Waals surface area contributed by atoms with Crippen molar-refractivity contribution in [3.05, 3.63) is 59.9 Å². The number of anilines is 2. The number of nitrogens with zero attached hydrogens (tertiary/aromatic N) is 4. The third kappa shape index (κ3) is 4.47. The van der Waals surface area contributed by atoms with Crippen molar-refractivity contribution in [2.24, 2.45) is 0 Å². The van der Waals surface area contributed by atoms with Gasteiger partial charge in [0, 0.05) is 12.2 Å². The molecule has 3 aromatic rings. The molecule has 2 aromatic carbocycles. The highest BCUT2D eigenvalue weighted by Crippen LogP contribution is 2.37. The van der Waals surface area contributed by atoms with Crippen LogP contribution in [-0.2, 0) is 16.1 Å². The van der Waals surface area contributed by atoms with E-state index in [-0.39, 0.29) is 30.2 Å². The Labute approximate surface area is 191 Å². The quantitative estimate of drug-likeness (QED) is 0.549. The van der Waals surface area contributed by atoms with Crippen molar-refractivity contribution in [1.29, 1.82) is 0 Å². The van der Waals surface area contributed by atoms with Gasteiger partial charge in [-0.2, -0.15) is 0 Å². The van der Waals surface area contributed by atoms with Gasteiger partial charge in [-0.05, 0) is 45.0 Å². The maximum Gasteiger partial charge on any atom is 0.265 e. The van der Waals surface area contributed by atoms with Crippen LogP contribution in [0.4, 0.5) is 11.4 Å². The van der Waals surface area contributed by atoms with Crippen LogP contribution in [0.1, 0.15) is 31.3 Å². The minimum atomic E-state index is -0.337. The first-order valence-electron chi connectivity index (χ1n) is 10.4. The van der Waals surface area contributed by atoms with Gasteiger partial charge in [0.15, 0.2) is 17.6 Å². The average Bonchev–Trinajstić information content (AvgIpc) is 3.22. The zero-order valence-corrected chi connectivity index (χ0v) is 19.1. The second-order valence-electron chi connectivity index (χ2n) is 7.48. The summed E-state index contributed by atoms with van der Waals surface area (Å²) >= 11 is 1.32. The van der Waals surface area contributed by atoms with Crippen molar-refractivity contribution >= 4 is 35.0 Å². The van der Waals surface area contributed by atoms with Crippen molar-refractivity contribution < 1.29 is 14.3 Å². The number of carbonyl (C=O) groups is 2. The van der Waals surface area contributed by atoms with Gasteiger partial charge in [0.2, 0.25) is 5.91 Å². The number of hydrogen-bond acceptors (Lipinski definition) is 6. The van der Waals surface area contributed by atoms with Gasteiger partial charge in [0.1, 0.15) is 5.75 Å². The second kappa shape index (κ2) is 9.44. The number of aromatic nitrogens is 3. The summed E-state index contributed by atoms with van der Waals surface area (Å²) in [4.78, 5) is 26.8. The van der Waals surface area contributed by atoms with Gasteiger partial charge < -0.3 is 14.6 Å². The summed E-state index contributed by atoms with van der Waals surface area (Å²) in [6.07, 6.45) is 0. The minimum Gasteiger partial charge on any atom is -0.482 e. The van der Waals surface area contributed by atoms with E-state index in [9.17, 15) is 9.59 Å². The number of hydrogen-bond donors (Lipinski definition) is 1. The molecule has 2 heterocycles. The first kappa shape index (κ1) is 21.9. The monoisotopic (exact) mass is 451 g/mol. The van der Waals surface area contributed by atoms with E-state index < -0.39 is 0 Å². The fourth-order valence-corrected chi connectivity index (χ4v) is 4.45. The number of rotatable bonds is 7. The predicted molar refractivity (Wildman–Crippen MR) is 124 cm³/mol. The Bertz CT molecular complexity index is 1130. The first-order valence-corrected chi connectivity index (χ1v) is 11.4. The van der Waals surface area contributed by atoms with Gasteiger partial charge in [-0.25, -0.2) is 0 Å². The molecule has 0 bridgehead atoms. The van der Waals surface area contributed by atoms with E-state index in [0.29, 0.717) is 29.0 Å². The van der Waals surface area contributed by atoms with Crippen molar-refractivity contribution in [3.63, 3.8) is 0 Å². The third-order valence-corrected chi connectivity index (χ3v) is 6.20. The highest BCUT2D eigenvalue weighted by Gasteiger charge is 2.33. The first-order chi connectivity index (χ1) is 15.5. The van der Waals surface area contributed by atoms with Gasteiger partial charge in [-0.15, -0.1) is 10.2 Å². The summed E-state index contributed by atoms with van der Waals surface area (Å²) < 4.78 is 7.50. The summed E-state index contributed by atoms with van der Waals surface area (Å²) in [7, 11) is 0. The normalized spacial score (nSPS) is 14.0. The number of aryl methyl sites for hydroxylation is 1. The molecule has 0 spiro atoms. The SMILES string of the molecule is CCn1c(SCC(=O)Nc2ccc(C)cc2)nnc1C(C)N1C(=O)COc2ccccc21. The standard InChI is InChI=1S/C23H25N5O3S/c1-4-27-22(16(3)28-18-7-5-6-8-19(18)31-13-21(28)30)25-26-23(27)32-14-20(29)24-17-11-9-15(2)10-12-17/h5-12,16H,4,13-14H2,1-3H3,(H,24,29). The molecule has 0 saturated heterocycles. The van der Waals surface area contributed by atoms with E-state index in [0.717, 1.165) is 11.3 Å². The molecule has 1 aliphatic heterocycles. The number of nitrogens with one attached hydrogen (secondary N) is 1. The van der Waals surface area contributed by atoms with Crippen LogP contribution >= 0.6 is 11.8 Å². The summed E-state index contributed by atoms with van der Waals surface area (Å²) in [5.74, 6) is 1.30. The smallest absolute Gasteiger partial charge is 0.265 e. The summed E-state index contributed by atoms with van der Waals surface area (Å²) in [5, 5.41) is 12.2. The molecule has 32 heavy (non-hydrogen) atoms. The highest BCUT2D eigenvalue weighted by atomic mass is 32.2. The van der Waals surface area contributed by atoms with Crippen LogP contribution < -0.4 is 15.0 Å². The number of fused-ring (bicyclic) bond motifs is 1. The number of para-hydroxylation sites is 2. The van der Waals surface area contributed by atoms with Crippen LogP contribution in [0.25, 0.3) is 0 Å². The van der Waals surface area contributed by atoms with Crippen molar-refractivity contribution in [3.8, 4) is 5.75 Å². The molecule has 2 amide bonds. The number of benzene rings is 2. The topological polar surface area (TPSA) is 89.4 Å². The Kier molecular flexibility index (Phi) is 6.45. The van der Waals surface area contributed by atoms with Crippen molar-refractivity contribution in [1.82, 2.24) is 14.8 Å². The Hall–Kier alpha value is -3.33. The second-order valence-corrected chi connectivity index (χ2v) is 8.43. The van der Waals surface area contributed by atoms with Crippen LogP contribution in [0.5, 0.6) is 5.75 Å². The van der Waals surface area contributed by atoms with Crippen LogP contribution in [0.3, 0.4) is 0 Å². The summed E-state index contributed by atoms with van der Waals surface area (Å²) in [6.45, 7) is 6.53. The lowest BCUT2D eigenvalue weighted by Crippen LogP contribution is -2.41. The average molecular weight is 452 g/mol. The summed E-state index contributed by atoms with van der Waals surface area (Å²) in [5.41, 5.74) is 2.61. The largest absolute Gasteiger partial charge is 0.482 e. The Balaban J connectivity index is 1.49. The molecule has 4 rings (SSSR count). The highest BCUT2D eigenvalue weighted by molar-refractivity contribution is 7.99. The Morgan fingerprint density at radius 3 is 2.69 bits per heavy atom. The number of ether oxygens (including phenoxy) is 1. The van der Waals surface area contributed by atoms with Gasteiger partial charge in [0.05, 0.1) is 17.5 Å². The maximum absolute atomic E-state index is 12.7. The molecule has 1 N–H and O–H groups in total. The molecule has 8 nitrogen and oxygen atoms in total. The molecule has 0 radical (unpaired) electrons. The fourth-order valence-electron chi connectivity index (χ4n) is 3.64. The van der Waals surface area contributed by atoms with Gasteiger partial charge in [-0.3, -0.25) is 14.5 Å². The Morgan fingerprint density at radius 2 is 1.94 bits per heavy atom. The number of thioether (sulfide) groups is 1. The Morgan fingerprint density at radius 1 is 1.19 bits per heavy atom. The molecule has 1 aliphatic rings. The van der Waals surface area contributed by atoms with E-state index in [1.54, 1.807) is 4.90 Å². The molecule has 1 unspecified atom stereocenters. The third-order valence-electron chi connectivity index (χ3n) is 5.23. The van der Waals surface area contributed by atoms with E-state index in [2.05, 4.69) is 15.5 Å². The maximum atomic E-state index is 12.7. The van der Waals surface area contributed by atoms with Crippen LogP contribution in [0.2, 0.25) is 0 Å². The minimum absolute atomic E-state index is 0.0115. The van der Waals surface area contributed by atoms with Gasteiger partial charge in [-0.1, -0.05) is 41.6 Å². The van der Waals surface area contributed by atoms with Crippen molar-refractivity contribution in [2.75, 3.05) is 22.6 Å². The molecule has 1 aromatic heterocycles. The lowest BCUT2D eigenvalue weighted by Gasteiger charge is -2.33. The van der Waals surface area contributed by atoms with E-state index in [1.807, 2.05) is 73.9 Å². The fraction of sp³-hybridized carbons (Fsp3) is 0.304. The predicted octanol–water partition coefficient (Wildman–Crippen LogP) is 3.82. The van der Waals surface area contributed by atoms with Gasteiger partial charge in [0.25, 0.3) is 5.91 Å². The molecular formula is C23H25N5O3S. The lowest BCUT2D eigenvalue weighted by molar-refractivity contribution is -0.121. The zero-order valence-electron chi connectivity index (χ0n) is 18.2. The van der Waals surface area contributed by atoms with E-state index in [4.69, 9.17) is 4.74 Å². The number of amides is 2. The molecule has 0 fully saturated rings. The lowest BCUT2D eigenvalue weighted by atomic mass is 10.1.